The standard InChI is InChI=1S/Al.FH.Li.Na/h;1H;;/q;;+1;/p-1. The van der Waals surface area contributed by atoms with Crippen LogP contribution in [0.15, 0.2) is 0 Å². The van der Waals surface area contributed by atoms with Gasteiger partial charge in [0, 0.05) is 46.9 Å². The molecule has 0 amide bonds. The van der Waals surface area contributed by atoms with Gasteiger partial charge in [-0.25, -0.2) is 0 Å². The van der Waals surface area contributed by atoms with Crippen molar-refractivity contribution >= 4 is 65.1 Å². The molecule has 0 aromatic carbocycles. The molecular weight excluding hydrogens is 75.9 g/mol. The van der Waals surface area contributed by atoms with Crippen molar-refractivity contribution in [2.24, 2.45) is 0 Å². The van der Waals surface area contributed by atoms with E-state index in [4.69, 9.17) is 0 Å². The average Bonchev–Trinajstić information content (AvgIpc) is 1.00. The van der Waals surface area contributed by atoms with Gasteiger partial charge in [-0.3, -0.25) is 0 Å². The number of halogens is 1. The zero-order valence-corrected chi connectivity index (χ0v) is 6.11. The van der Waals surface area contributed by atoms with Gasteiger partial charge in [0.2, 0.25) is 0 Å². The van der Waals surface area contributed by atoms with Crippen LogP contribution in [0.5, 0.6) is 0 Å². The van der Waals surface area contributed by atoms with Gasteiger partial charge in [-0.05, 0) is 0 Å². The van der Waals surface area contributed by atoms with Crippen molar-refractivity contribution in [2.45, 2.75) is 0 Å². The van der Waals surface area contributed by atoms with Crippen LogP contribution in [0, 0.1) is 0 Å². The maximum absolute atomic E-state index is 9.50. The molecule has 0 saturated heterocycles. The minimum Gasteiger partial charge on any atom is 0 e. The van der Waals surface area contributed by atoms with E-state index >= 15 is 0 Å². The van der Waals surface area contributed by atoms with Crippen LogP contribution in [0.1, 0.15) is 0 Å². The monoisotopic (exact) mass is 76.0 g/mol. The molecule has 0 fully saturated rings. The van der Waals surface area contributed by atoms with E-state index in [0.29, 0.717) is 18.2 Å². The van der Waals surface area contributed by atoms with Gasteiger partial charge < -0.3 is 0 Å². The predicted octanol–water partition coefficient (Wildman–Crippen LogP) is -0.722. The molecule has 0 aromatic heterocycles. The Morgan fingerprint density at radius 3 is 1.25 bits per heavy atom. The van der Waals surface area contributed by atoms with Gasteiger partial charge in [0.1, 0.15) is 0 Å². The first-order chi connectivity index (χ1) is 1.00. The summed E-state index contributed by atoms with van der Waals surface area (Å²) in [7, 11) is 0. The second kappa shape index (κ2) is 19.7. The van der Waals surface area contributed by atoms with Gasteiger partial charge in [0.15, 0.2) is 0 Å². The van der Waals surface area contributed by atoms with E-state index in [1.54, 1.807) is 0 Å². The molecule has 0 bridgehead atoms. The van der Waals surface area contributed by atoms with E-state index in [0.717, 1.165) is 0 Å². The van der Waals surface area contributed by atoms with Crippen molar-refractivity contribution in [2.75, 3.05) is 0 Å². The molecule has 0 aliphatic rings. The molecule has 4 radical (unpaired) electrons. The topological polar surface area (TPSA) is 0 Å². The van der Waals surface area contributed by atoms with Crippen LogP contribution < -0.4 is 0 Å². The Morgan fingerprint density at radius 2 is 1.25 bits per heavy atom. The van der Waals surface area contributed by atoms with Crippen LogP contribution >= 0.6 is 0 Å². The van der Waals surface area contributed by atoms with Gasteiger partial charge in [0.05, 0.1) is 0 Å². The normalized spacial score (nSPS) is 1.75. The van der Waals surface area contributed by atoms with Crippen LogP contribution in [0.25, 0.3) is 0 Å². The maximum atomic E-state index is 9.50. The SMILES string of the molecule is [Al].[Li][F].[Na]. The first-order valence-electron chi connectivity index (χ1n) is 0.378. The quantitative estimate of drug-likeness (QED) is 0.334. The molecule has 0 nitrogen and oxygen atoms in total. The molecule has 0 atom stereocenters. The van der Waals surface area contributed by atoms with Gasteiger partial charge in [0.25, 0.3) is 0 Å². The van der Waals surface area contributed by atoms with Crippen LogP contribution in [0.3, 0.4) is 0 Å². The average molecular weight is 75.9 g/mol. The summed E-state index contributed by atoms with van der Waals surface area (Å²) in [6.07, 6.45) is 0. The van der Waals surface area contributed by atoms with Gasteiger partial charge >= 0.3 is 21.6 Å². The summed E-state index contributed by atoms with van der Waals surface area (Å²) in [6, 6.07) is 0. The molecule has 0 spiro atoms. The molecule has 4 heteroatoms. The van der Waals surface area contributed by atoms with Crippen LogP contribution in [-0.4, -0.2) is 65.1 Å². The second-order valence-electron chi connectivity index (χ2n) is 0. The maximum Gasteiger partial charge on any atom is 0 e. The summed E-state index contributed by atoms with van der Waals surface area (Å²) >= 11 is 0.500. The summed E-state index contributed by atoms with van der Waals surface area (Å²) in [6.45, 7) is 0. The fourth-order valence-corrected chi connectivity index (χ4v) is 0. The summed E-state index contributed by atoms with van der Waals surface area (Å²) in [5.74, 6) is 0. The first kappa shape index (κ1) is 16.6. The third kappa shape index (κ3) is 8.96. The molecule has 0 aliphatic heterocycles. The predicted molar refractivity (Wildman–Crippen MR) is 18.4 cm³/mol. The minimum absolute atomic E-state index is 0. The Balaban J connectivity index is -0.00000000500. The van der Waals surface area contributed by atoms with Crippen molar-refractivity contribution in [3.05, 3.63) is 0 Å². The van der Waals surface area contributed by atoms with Gasteiger partial charge in [-0.2, -0.15) is 0 Å². The third-order valence-corrected chi connectivity index (χ3v) is 0. The molecule has 0 saturated carbocycles. The summed E-state index contributed by atoms with van der Waals surface area (Å²) in [5.41, 5.74) is 0. The zero-order chi connectivity index (χ0) is 2.00. The Labute approximate surface area is 67.7 Å². The van der Waals surface area contributed by atoms with Gasteiger partial charge in [-0.15, -0.1) is 0 Å². The Kier molecular flexibility index (Phi) is 81.4. The second-order valence-corrected chi connectivity index (χ2v) is 0. The Bertz CT molecular complexity index is 8.00. The molecular formula is AlFLiNa. The number of hydrogen-bond donors (Lipinski definition) is 0. The minimum atomic E-state index is 0. The molecule has 0 heterocycles. The van der Waals surface area contributed by atoms with E-state index in [1.165, 1.54) is 0 Å². The van der Waals surface area contributed by atoms with E-state index in [1.807, 2.05) is 0 Å². The fourth-order valence-electron chi connectivity index (χ4n) is 0. The van der Waals surface area contributed by atoms with E-state index in [-0.39, 0.29) is 46.9 Å². The molecule has 0 N–H and O–H groups in total. The molecule has 0 unspecified atom stereocenters. The summed E-state index contributed by atoms with van der Waals surface area (Å²) < 4.78 is 9.50. The molecule has 0 rings (SSSR count). The summed E-state index contributed by atoms with van der Waals surface area (Å²) in [4.78, 5) is 0. The van der Waals surface area contributed by atoms with Crippen molar-refractivity contribution in [1.82, 2.24) is 0 Å². The van der Waals surface area contributed by atoms with Crippen LogP contribution in [-0.2, 0) is 0 Å². The van der Waals surface area contributed by atoms with E-state index < -0.39 is 0 Å². The van der Waals surface area contributed by atoms with Crippen molar-refractivity contribution in [3.8, 4) is 0 Å². The smallest absolute Gasteiger partial charge is 0 e. The molecule has 0 aliphatic carbocycles. The van der Waals surface area contributed by atoms with Crippen molar-refractivity contribution < 1.29 is 3.38 Å². The fraction of sp³-hybridized carbons (Fsp3) is 0. The Morgan fingerprint density at radius 1 is 1.25 bits per heavy atom. The van der Waals surface area contributed by atoms with Gasteiger partial charge in [-0.1, -0.05) is 0 Å². The van der Waals surface area contributed by atoms with Crippen molar-refractivity contribution in [3.63, 3.8) is 0 Å². The molecule has 0 aromatic rings. The Hall–Kier alpha value is 2.06. The first-order valence-corrected chi connectivity index (χ1v) is 0.378. The summed E-state index contributed by atoms with van der Waals surface area (Å²) in [5, 5.41) is 0. The zero-order valence-electron chi connectivity index (χ0n) is 2.96. The largest absolute Gasteiger partial charge is 0 e. The van der Waals surface area contributed by atoms with Crippen LogP contribution in [0.2, 0.25) is 0 Å². The molecule has 4 heavy (non-hydrogen) atoms. The molecule has 12 valence electrons. The third-order valence-electron chi connectivity index (χ3n) is 0. The van der Waals surface area contributed by atoms with Crippen LogP contribution in [0.4, 0.5) is 3.38 Å². The van der Waals surface area contributed by atoms with E-state index in [9.17, 15) is 3.38 Å². The van der Waals surface area contributed by atoms with Crippen molar-refractivity contribution in [1.29, 1.82) is 0 Å². The number of hydrogen-bond acceptors (Lipinski definition) is 0. The number of rotatable bonds is 0. The van der Waals surface area contributed by atoms with E-state index in [2.05, 4.69) is 0 Å².